The Morgan fingerprint density at radius 2 is 2.04 bits per heavy atom. The number of hydrogen-bond donors (Lipinski definition) is 1. The van der Waals surface area contributed by atoms with Gasteiger partial charge in [0.25, 0.3) is 5.91 Å². The van der Waals surface area contributed by atoms with Crippen LogP contribution >= 0.6 is 0 Å². The number of piperidine rings is 1. The van der Waals surface area contributed by atoms with Gasteiger partial charge in [-0.25, -0.2) is 12.7 Å². The maximum Gasteiger partial charge on any atom is 0.255 e. The number of hydrogen-bond acceptors (Lipinski definition) is 4. The zero-order valence-corrected chi connectivity index (χ0v) is 15.3. The Morgan fingerprint density at radius 1 is 1.39 bits per heavy atom. The monoisotopic (exact) mass is 342 g/mol. The molecule has 1 aliphatic rings. The van der Waals surface area contributed by atoms with Crippen LogP contribution in [0, 0.1) is 6.92 Å². The molecule has 2 rings (SSSR count). The molecular formula is C15H26N4O3S. The summed E-state index contributed by atoms with van der Waals surface area (Å²) in [4.78, 5) is 12.5. The van der Waals surface area contributed by atoms with Gasteiger partial charge in [-0.15, -0.1) is 0 Å². The van der Waals surface area contributed by atoms with Crippen molar-refractivity contribution in [2.45, 2.75) is 52.1 Å². The van der Waals surface area contributed by atoms with Gasteiger partial charge in [0.15, 0.2) is 0 Å². The molecule has 1 aromatic heterocycles. The molecule has 1 amide bonds. The molecule has 1 N–H and O–H groups in total. The molecule has 8 heteroatoms. The molecule has 7 nitrogen and oxygen atoms in total. The van der Waals surface area contributed by atoms with E-state index < -0.39 is 10.0 Å². The highest BCUT2D eigenvalue weighted by Crippen LogP contribution is 2.19. The molecule has 0 saturated carbocycles. The molecule has 0 spiro atoms. The van der Waals surface area contributed by atoms with Crippen LogP contribution in [0.5, 0.6) is 0 Å². The number of carbonyl (C=O) groups excluding carboxylic acids is 1. The molecule has 0 bridgehead atoms. The van der Waals surface area contributed by atoms with Gasteiger partial charge in [0, 0.05) is 24.8 Å². The smallest absolute Gasteiger partial charge is 0.255 e. The third-order valence-electron chi connectivity index (χ3n) is 4.08. The molecule has 1 atom stereocenters. The van der Waals surface area contributed by atoms with Crippen LogP contribution in [-0.4, -0.2) is 53.8 Å². The minimum absolute atomic E-state index is 0.164. The van der Waals surface area contributed by atoms with E-state index >= 15 is 0 Å². The summed E-state index contributed by atoms with van der Waals surface area (Å²) in [6.45, 7) is 8.81. The highest BCUT2D eigenvalue weighted by Gasteiger charge is 2.28. The van der Waals surface area contributed by atoms with Crippen LogP contribution < -0.4 is 5.32 Å². The summed E-state index contributed by atoms with van der Waals surface area (Å²) >= 11 is 0. The number of rotatable bonds is 3. The summed E-state index contributed by atoms with van der Waals surface area (Å²) in [6, 6.07) is -0.164. The maximum atomic E-state index is 12.5. The van der Waals surface area contributed by atoms with Gasteiger partial charge in [-0.2, -0.15) is 5.10 Å². The first kappa shape index (κ1) is 17.9. The Balaban J connectivity index is 2.09. The van der Waals surface area contributed by atoms with Gasteiger partial charge in [0.05, 0.1) is 23.6 Å². The summed E-state index contributed by atoms with van der Waals surface area (Å²) in [5.41, 5.74) is 1.16. The van der Waals surface area contributed by atoms with Crippen LogP contribution in [0.3, 0.4) is 0 Å². The van der Waals surface area contributed by atoms with Gasteiger partial charge in [-0.3, -0.25) is 9.48 Å². The zero-order valence-electron chi connectivity index (χ0n) is 14.5. The van der Waals surface area contributed by atoms with E-state index in [4.69, 9.17) is 0 Å². The number of aromatic nitrogens is 2. The van der Waals surface area contributed by atoms with Crippen LogP contribution in [-0.2, 0) is 15.6 Å². The maximum absolute atomic E-state index is 12.5. The van der Waals surface area contributed by atoms with E-state index in [9.17, 15) is 13.2 Å². The molecule has 0 aromatic carbocycles. The predicted molar refractivity (Wildman–Crippen MR) is 88.9 cm³/mol. The van der Waals surface area contributed by atoms with Gasteiger partial charge in [0.1, 0.15) is 0 Å². The van der Waals surface area contributed by atoms with Gasteiger partial charge in [-0.1, -0.05) is 0 Å². The normalized spacial score (nSPS) is 20.5. The Morgan fingerprint density at radius 3 is 2.57 bits per heavy atom. The van der Waals surface area contributed by atoms with Crippen molar-refractivity contribution in [2.75, 3.05) is 19.3 Å². The van der Waals surface area contributed by atoms with Crippen molar-refractivity contribution < 1.29 is 13.2 Å². The van der Waals surface area contributed by atoms with Crippen molar-refractivity contribution in [3.05, 3.63) is 17.5 Å². The summed E-state index contributed by atoms with van der Waals surface area (Å²) in [6.07, 6.45) is 4.31. The Labute approximate surface area is 138 Å². The fourth-order valence-electron chi connectivity index (χ4n) is 2.93. The van der Waals surface area contributed by atoms with E-state index in [-0.39, 0.29) is 17.5 Å². The predicted octanol–water partition coefficient (Wildman–Crippen LogP) is 1.10. The van der Waals surface area contributed by atoms with E-state index in [1.807, 2.05) is 32.4 Å². The lowest BCUT2D eigenvalue weighted by atomic mass is 10.1. The average Bonchev–Trinajstić information content (AvgIpc) is 2.80. The number of carbonyl (C=O) groups is 1. The van der Waals surface area contributed by atoms with Crippen LogP contribution in [0.1, 0.15) is 49.7 Å². The lowest BCUT2D eigenvalue weighted by Gasteiger charge is -2.31. The molecule has 1 aliphatic heterocycles. The SMILES string of the molecule is Cc1c(C(=O)NC2CCCN(S(C)(=O)=O)C2)cnn1C(C)(C)C. The lowest BCUT2D eigenvalue weighted by molar-refractivity contribution is 0.0920. The number of sulfonamides is 1. The number of amides is 1. The molecule has 1 fully saturated rings. The molecule has 1 unspecified atom stereocenters. The molecule has 0 radical (unpaired) electrons. The van der Waals surface area contributed by atoms with Gasteiger partial charge in [-0.05, 0) is 40.5 Å². The van der Waals surface area contributed by atoms with E-state index in [2.05, 4.69) is 10.4 Å². The van der Waals surface area contributed by atoms with Crippen molar-refractivity contribution >= 4 is 15.9 Å². The van der Waals surface area contributed by atoms with Crippen molar-refractivity contribution in [3.8, 4) is 0 Å². The van der Waals surface area contributed by atoms with Gasteiger partial charge >= 0.3 is 0 Å². The van der Waals surface area contributed by atoms with Crippen LogP contribution in [0.2, 0.25) is 0 Å². The number of nitrogens with zero attached hydrogens (tertiary/aromatic N) is 3. The third kappa shape index (κ3) is 4.11. The summed E-state index contributed by atoms with van der Waals surface area (Å²) in [5, 5.41) is 7.25. The highest BCUT2D eigenvalue weighted by atomic mass is 32.2. The molecule has 23 heavy (non-hydrogen) atoms. The summed E-state index contributed by atoms with van der Waals surface area (Å²) in [7, 11) is -3.22. The largest absolute Gasteiger partial charge is 0.348 e. The first-order chi connectivity index (χ1) is 10.5. The van der Waals surface area contributed by atoms with Crippen LogP contribution in [0.25, 0.3) is 0 Å². The second kappa shape index (κ2) is 6.24. The fraction of sp³-hybridized carbons (Fsp3) is 0.733. The van der Waals surface area contributed by atoms with Crippen molar-refractivity contribution in [3.63, 3.8) is 0 Å². The Hall–Kier alpha value is -1.41. The Kier molecular flexibility index (Phi) is 4.86. The quantitative estimate of drug-likeness (QED) is 0.891. The van der Waals surface area contributed by atoms with Gasteiger partial charge in [0.2, 0.25) is 10.0 Å². The van der Waals surface area contributed by atoms with E-state index in [1.54, 1.807) is 6.20 Å². The third-order valence-corrected chi connectivity index (χ3v) is 5.35. The number of nitrogens with one attached hydrogen (secondary N) is 1. The zero-order chi connectivity index (χ0) is 17.4. The van der Waals surface area contributed by atoms with E-state index in [0.29, 0.717) is 18.7 Å². The average molecular weight is 342 g/mol. The van der Waals surface area contributed by atoms with Crippen molar-refractivity contribution in [1.82, 2.24) is 19.4 Å². The lowest BCUT2D eigenvalue weighted by Crippen LogP contribution is -2.49. The molecule has 1 aromatic rings. The van der Waals surface area contributed by atoms with Crippen molar-refractivity contribution in [2.24, 2.45) is 0 Å². The standard InChI is InChI=1S/C15H26N4O3S/c1-11-13(9-16-19(11)15(2,3)4)14(20)17-12-7-6-8-18(10-12)23(5,21)22/h9,12H,6-8,10H2,1-5H3,(H,17,20). The van der Waals surface area contributed by atoms with E-state index in [0.717, 1.165) is 18.5 Å². The first-order valence-corrected chi connectivity index (χ1v) is 9.66. The fourth-order valence-corrected chi connectivity index (χ4v) is 3.84. The van der Waals surface area contributed by atoms with Crippen LogP contribution in [0.15, 0.2) is 6.20 Å². The summed E-state index contributed by atoms with van der Waals surface area (Å²) in [5.74, 6) is -0.196. The second-order valence-electron chi connectivity index (χ2n) is 7.16. The minimum Gasteiger partial charge on any atom is -0.348 e. The molecule has 130 valence electrons. The second-order valence-corrected chi connectivity index (χ2v) is 9.14. The molecule has 2 heterocycles. The molecular weight excluding hydrogens is 316 g/mol. The highest BCUT2D eigenvalue weighted by molar-refractivity contribution is 7.88. The Bertz CT molecular complexity index is 688. The topological polar surface area (TPSA) is 84.3 Å². The first-order valence-electron chi connectivity index (χ1n) is 7.81. The summed E-state index contributed by atoms with van der Waals surface area (Å²) < 4.78 is 26.6. The van der Waals surface area contributed by atoms with E-state index in [1.165, 1.54) is 10.6 Å². The van der Waals surface area contributed by atoms with Crippen molar-refractivity contribution in [1.29, 1.82) is 0 Å². The van der Waals surface area contributed by atoms with Gasteiger partial charge < -0.3 is 5.32 Å². The molecule has 1 saturated heterocycles. The minimum atomic E-state index is -3.22. The van der Waals surface area contributed by atoms with Crippen LogP contribution in [0.4, 0.5) is 0 Å². The molecule has 0 aliphatic carbocycles.